The molecule has 11 heteroatoms. The monoisotopic (exact) mass is 440 g/mol. The van der Waals surface area contributed by atoms with E-state index in [4.69, 9.17) is 10.5 Å². The van der Waals surface area contributed by atoms with Crippen LogP contribution in [-0.4, -0.2) is 37.9 Å². The van der Waals surface area contributed by atoms with Crippen LogP contribution in [0.1, 0.15) is 9.75 Å². The zero-order valence-electron chi connectivity index (χ0n) is 16.1. The van der Waals surface area contributed by atoms with Crippen molar-refractivity contribution in [3.8, 4) is 17.6 Å². The van der Waals surface area contributed by atoms with Crippen LogP contribution >= 0.6 is 11.3 Å². The predicted octanol–water partition coefficient (Wildman–Crippen LogP) is 1.11. The van der Waals surface area contributed by atoms with E-state index in [9.17, 15) is 14.0 Å². The number of halogens is 1. The first kappa shape index (κ1) is 20.5. The van der Waals surface area contributed by atoms with E-state index >= 15 is 0 Å². The lowest BCUT2D eigenvalue weighted by atomic mass is 10.2. The van der Waals surface area contributed by atoms with Gasteiger partial charge in [-0.05, 0) is 35.8 Å². The summed E-state index contributed by atoms with van der Waals surface area (Å²) in [5.74, 6) is 6.20. The molecule has 0 aliphatic carbocycles. The Balaban J connectivity index is 1.44. The maximum Gasteiger partial charge on any atom is 0.346 e. The molecular formula is C20H17FN6O3S. The Hall–Kier alpha value is -3.75. The average molecular weight is 440 g/mol. The van der Waals surface area contributed by atoms with Gasteiger partial charge < -0.3 is 15.8 Å². The fraction of sp³-hybridized carbons (Fsp3) is 0.200. The molecule has 31 heavy (non-hydrogen) atoms. The van der Waals surface area contributed by atoms with Crippen LogP contribution in [0.25, 0.3) is 0 Å². The van der Waals surface area contributed by atoms with Gasteiger partial charge in [0.1, 0.15) is 6.33 Å². The lowest BCUT2D eigenvalue weighted by molar-refractivity contribution is -0.121. The van der Waals surface area contributed by atoms with Crippen LogP contribution in [0.3, 0.4) is 0 Å². The minimum absolute atomic E-state index is 0.00208. The van der Waals surface area contributed by atoms with Crippen molar-refractivity contribution in [2.75, 3.05) is 11.9 Å². The maximum absolute atomic E-state index is 12.7. The van der Waals surface area contributed by atoms with E-state index in [1.165, 1.54) is 22.2 Å². The number of carbonyl (C=O) groups excluding carboxylic acids is 1. The van der Waals surface area contributed by atoms with Gasteiger partial charge in [0.2, 0.25) is 6.10 Å². The van der Waals surface area contributed by atoms with Crippen LogP contribution in [0, 0.1) is 11.8 Å². The number of nitrogens with one attached hydrogen (secondary N) is 1. The van der Waals surface area contributed by atoms with Crippen LogP contribution in [-0.2, 0) is 17.9 Å². The highest BCUT2D eigenvalue weighted by Crippen LogP contribution is 2.26. The molecular weight excluding hydrogens is 423 g/mol. The number of amides is 1. The first-order valence-corrected chi connectivity index (χ1v) is 10.0. The smallest absolute Gasteiger partial charge is 0.346 e. The van der Waals surface area contributed by atoms with E-state index in [2.05, 4.69) is 27.2 Å². The predicted molar refractivity (Wildman–Crippen MR) is 112 cm³/mol. The Bertz CT molecular complexity index is 1270. The molecule has 158 valence electrons. The highest BCUT2D eigenvalue weighted by atomic mass is 32.1. The van der Waals surface area contributed by atoms with Gasteiger partial charge in [0.15, 0.2) is 11.6 Å². The maximum atomic E-state index is 12.7. The van der Waals surface area contributed by atoms with Crippen molar-refractivity contribution in [2.45, 2.75) is 19.2 Å². The number of hydrogen-bond donors (Lipinski definition) is 2. The zero-order valence-corrected chi connectivity index (χ0v) is 16.9. The third kappa shape index (κ3) is 4.55. The van der Waals surface area contributed by atoms with Crippen molar-refractivity contribution in [2.24, 2.45) is 5.73 Å². The zero-order chi connectivity index (χ0) is 21.8. The largest absolute Gasteiger partial charge is 0.464 e. The lowest BCUT2D eigenvalue weighted by Crippen LogP contribution is -2.36. The normalized spacial score (nSPS) is 15.5. The van der Waals surface area contributed by atoms with Crippen molar-refractivity contribution >= 4 is 23.1 Å². The number of fused-ring (bicyclic) bond motifs is 1. The number of pyridine rings is 1. The molecule has 3 N–H and O–H groups in total. The third-order valence-electron chi connectivity index (χ3n) is 4.38. The number of nitrogens with zero attached hydrogens (tertiary/aromatic N) is 4. The number of thiophene rings is 1. The van der Waals surface area contributed by atoms with Crippen molar-refractivity contribution in [1.29, 1.82) is 0 Å². The summed E-state index contributed by atoms with van der Waals surface area (Å²) in [5, 5.41) is 6.65. The molecule has 1 unspecified atom stereocenters. The van der Waals surface area contributed by atoms with Crippen LogP contribution in [0.5, 0.6) is 5.75 Å². The van der Waals surface area contributed by atoms with Gasteiger partial charge in [-0.3, -0.25) is 9.36 Å². The molecule has 0 spiro atoms. The van der Waals surface area contributed by atoms with Gasteiger partial charge in [0.05, 0.1) is 24.3 Å². The van der Waals surface area contributed by atoms with Gasteiger partial charge >= 0.3 is 5.69 Å². The van der Waals surface area contributed by atoms with E-state index in [0.29, 0.717) is 24.4 Å². The van der Waals surface area contributed by atoms with Gasteiger partial charge in [-0.25, -0.2) is 18.9 Å². The minimum Gasteiger partial charge on any atom is -0.464 e. The topological polar surface area (TPSA) is 117 Å². The summed E-state index contributed by atoms with van der Waals surface area (Å²) < 4.78 is 20.9. The molecule has 4 heterocycles. The first-order valence-electron chi connectivity index (χ1n) is 9.20. The van der Waals surface area contributed by atoms with Crippen LogP contribution in [0.15, 0.2) is 53.5 Å². The SMILES string of the molecule is NC/C(=C\F)Cn1ncn(Cc2ccc(C#CC3Oc4cccnc4NC3=O)s2)c1=O. The van der Waals surface area contributed by atoms with E-state index in [1.54, 1.807) is 24.4 Å². The fourth-order valence-electron chi connectivity index (χ4n) is 2.80. The molecule has 0 radical (unpaired) electrons. The number of hydrogen-bond acceptors (Lipinski definition) is 7. The quantitative estimate of drug-likeness (QED) is 0.574. The molecule has 0 aromatic carbocycles. The van der Waals surface area contributed by atoms with Crippen molar-refractivity contribution in [3.05, 3.63) is 68.9 Å². The Kier molecular flexibility index (Phi) is 5.92. The van der Waals surface area contributed by atoms with Crippen molar-refractivity contribution < 1.29 is 13.9 Å². The van der Waals surface area contributed by atoms with E-state index < -0.39 is 6.10 Å². The second kappa shape index (κ2) is 8.95. The summed E-state index contributed by atoms with van der Waals surface area (Å²) in [4.78, 5) is 30.1. The van der Waals surface area contributed by atoms with Gasteiger partial charge in [-0.2, -0.15) is 5.10 Å². The van der Waals surface area contributed by atoms with E-state index in [0.717, 1.165) is 14.4 Å². The molecule has 4 rings (SSSR count). The number of anilines is 1. The lowest BCUT2D eigenvalue weighted by Gasteiger charge is -2.20. The van der Waals surface area contributed by atoms with E-state index in [1.807, 2.05) is 6.07 Å². The molecule has 0 saturated carbocycles. The molecule has 9 nitrogen and oxygen atoms in total. The molecule has 1 atom stereocenters. The second-order valence-corrected chi connectivity index (χ2v) is 7.71. The Morgan fingerprint density at radius 3 is 3.06 bits per heavy atom. The molecule has 0 saturated heterocycles. The molecule has 0 bridgehead atoms. The number of nitrogens with two attached hydrogens (primary N) is 1. The van der Waals surface area contributed by atoms with Crippen LogP contribution in [0.2, 0.25) is 0 Å². The summed E-state index contributed by atoms with van der Waals surface area (Å²) in [5.41, 5.74) is 5.33. The Labute approximate surface area is 180 Å². The Morgan fingerprint density at radius 1 is 1.39 bits per heavy atom. The number of carbonyl (C=O) groups is 1. The van der Waals surface area contributed by atoms with E-state index in [-0.39, 0.29) is 30.3 Å². The minimum atomic E-state index is -0.941. The third-order valence-corrected chi connectivity index (χ3v) is 5.36. The second-order valence-electron chi connectivity index (χ2n) is 6.54. The molecule has 1 aliphatic heterocycles. The number of rotatable bonds is 5. The highest BCUT2D eigenvalue weighted by Gasteiger charge is 2.26. The summed E-state index contributed by atoms with van der Waals surface area (Å²) in [6, 6.07) is 7.06. The summed E-state index contributed by atoms with van der Waals surface area (Å²) in [7, 11) is 0. The van der Waals surface area contributed by atoms with Crippen molar-refractivity contribution in [3.63, 3.8) is 0 Å². The molecule has 0 fully saturated rings. The molecule has 1 aliphatic rings. The van der Waals surface area contributed by atoms with Crippen molar-refractivity contribution in [1.82, 2.24) is 19.3 Å². The Morgan fingerprint density at radius 2 is 2.26 bits per heavy atom. The average Bonchev–Trinajstić information content (AvgIpc) is 3.37. The van der Waals surface area contributed by atoms with Crippen LogP contribution < -0.4 is 21.5 Å². The first-order chi connectivity index (χ1) is 15.1. The molecule has 3 aromatic heterocycles. The summed E-state index contributed by atoms with van der Waals surface area (Å²) >= 11 is 1.38. The van der Waals surface area contributed by atoms with Gasteiger partial charge in [0.25, 0.3) is 5.91 Å². The fourth-order valence-corrected chi connectivity index (χ4v) is 3.66. The van der Waals surface area contributed by atoms with Crippen LogP contribution in [0.4, 0.5) is 10.2 Å². The van der Waals surface area contributed by atoms with Gasteiger partial charge in [-0.15, -0.1) is 11.3 Å². The summed E-state index contributed by atoms with van der Waals surface area (Å²) in [6.45, 7) is 0.303. The van der Waals surface area contributed by atoms with Gasteiger partial charge in [-0.1, -0.05) is 5.92 Å². The number of aromatic nitrogens is 4. The molecule has 1 amide bonds. The molecule has 3 aromatic rings. The van der Waals surface area contributed by atoms with Gasteiger partial charge in [0, 0.05) is 17.6 Å². The summed E-state index contributed by atoms with van der Waals surface area (Å²) in [6.07, 6.45) is 2.40. The standard InChI is InChI=1S/C20H17FN6O3S/c21-8-13(9-22)10-27-20(29)26(12-24-27)11-15-4-3-14(31-15)5-6-17-19(28)25-18-16(30-17)2-1-7-23-18/h1-4,7-8,12,17H,9-11,22H2,(H,23,25,28)/b13-8+. The number of ether oxygens (including phenoxy) is 1. The highest BCUT2D eigenvalue weighted by molar-refractivity contribution is 7.12.